The molecule has 10 heteroatoms. The topological polar surface area (TPSA) is 122 Å². The number of anilines is 1. The third-order valence-electron chi connectivity index (χ3n) is 7.87. The Morgan fingerprint density at radius 1 is 1.16 bits per heavy atom. The summed E-state index contributed by atoms with van der Waals surface area (Å²) < 4.78 is 14.8. The number of carbonyl (C=O) groups is 2. The van der Waals surface area contributed by atoms with Crippen LogP contribution in [0.25, 0.3) is 6.08 Å². The Kier molecular flexibility index (Phi) is 10.6. The van der Waals surface area contributed by atoms with Crippen LogP contribution in [0.15, 0.2) is 54.9 Å². The molecule has 2 aromatic carbocycles. The van der Waals surface area contributed by atoms with Crippen LogP contribution < -0.4 is 10.2 Å². The summed E-state index contributed by atoms with van der Waals surface area (Å²) in [5, 5.41) is 21.4. The van der Waals surface area contributed by atoms with E-state index in [1.54, 1.807) is 19.9 Å². The van der Waals surface area contributed by atoms with Crippen molar-refractivity contribution in [3.8, 4) is 6.07 Å². The zero-order chi connectivity index (χ0) is 30.9. The standard InChI is InChI=1S/C33H37FN6O3/c1-22(38-33(43)32-23(2)36-21-37-24(32)3)12-15-39-16-13-29(14-17-39)40(20-27-18-26(19-35)6-10-30(27)34)28-8-4-25(5-9-28)7-11-31(41)42/h4-11,18,21-22,29H,12-17,20H2,1-3H3,(H,38,43)(H,41,42)/b11-7+. The number of amides is 1. The van der Waals surface area contributed by atoms with Crippen LogP contribution in [0, 0.1) is 31.0 Å². The van der Waals surface area contributed by atoms with E-state index in [1.165, 1.54) is 24.5 Å². The van der Waals surface area contributed by atoms with Gasteiger partial charge in [0.15, 0.2) is 0 Å². The molecule has 1 fully saturated rings. The van der Waals surface area contributed by atoms with E-state index in [2.05, 4.69) is 31.2 Å². The molecule has 4 rings (SSSR count). The number of nitrogens with one attached hydrogen (secondary N) is 1. The lowest BCUT2D eigenvalue weighted by atomic mass is 9.99. The molecule has 0 saturated carbocycles. The first kappa shape index (κ1) is 31.3. The van der Waals surface area contributed by atoms with Crippen molar-refractivity contribution in [1.82, 2.24) is 20.2 Å². The maximum atomic E-state index is 14.8. The Morgan fingerprint density at radius 3 is 2.47 bits per heavy atom. The third kappa shape index (κ3) is 8.46. The maximum Gasteiger partial charge on any atom is 0.328 e. The number of aliphatic carboxylic acids is 1. The number of aromatic nitrogens is 2. The number of likely N-dealkylation sites (tertiary alicyclic amines) is 1. The molecule has 43 heavy (non-hydrogen) atoms. The third-order valence-corrected chi connectivity index (χ3v) is 7.87. The quantitative estimate of drug-likeness (QED) is 0.306. The Labute approximate surface area is 251 Å². The zero-order valence-electron chi connectivity index (χ0n) is 24.8. The normalized spacial score (nSPS) is 14.8. The summed E-state index contributed by atoms with van der Waals surface area (Å²) in [5.41, 5.74) is 4.37. The second kappa shape index (κ2) is 14.5. The highest BCUT2D eigenvalue weighted by molar-refractivity contribution is 5.96. The Hall–Kier alpha value is -4.62. The molecule has 0 spiro atoms. The predicted octanol–water partition coefficient (Wildman–Crippen LogP) is 4.88. The number of benzene rings is 2. The molecule has 1 amide bonds. The van der Waals surface area contributed by atoms with Crippen LogP contribution in [0.1, 0.15) is 64.6 Å². The Morgan fingerprint density at radius 2 is 1.84 bits per heavy atom. The number of aryl methyl sites for hydroxylation is 2. The summed E-state index contributed by atoms with van der Waals surface area (Å²) in [6.45, 7) is 8.46. The molecule has 0 bridgehead atoms. The number of carbonyl (C=O) groups excluding carboxylic acids is 1. The first-order valence-corrected chi connectivity index (χ1v) is 14.4. The number of rotatable bonds is 11. The average Bonchev–Trinajstić information content (AvgIpc) is 2.99. The van der Waals surface area contributed by atoms with Crippen molar-refractivity contribution in [3.63, 3.8) is 0 Å². The molecule has 1 aliphatic heterocycles. The minimum absolute atomic E-state index is 0.0233. The summed E-state index contributed by atoms with van der Waals surface area (Å²) in [5.74, 6) is -1.53. The smallest absolute Gasteiger partial charge is 0.328 e. The van der Waals surface area contributed by atoms with Crippen molar-refractivity contribution in [1.29, 1.82) is 5.26 Å². The van der Waals surface area contributed by atoms with Gasteiger partial charge in [-0.05, 0) is 82.0 Å². The van der Waals surface area contributed by atoms with Gasteiger partial charge in [-0.25, -0.2) is 19.2 Å². The minimum Gasteiger partial charge on any atom is -0.478 e. The number of carboxylic acids is 1. The van der Waals surface area contributed by atoms with Gasteiger partial charge in [-0.2, -0.15) is 5.26 Å². The molecule has 1 saturated heterocycles. The molecule has 1 aliphatic rings. The van der Waals surface area contributed by atoms with E-state index in [0.717, 1.165) is 56.2 Å². The lowest BCUT2D eigenvalue weighted by Crippen LogP contribution is -2.46. The minimum atomic E-state index is -1.02. The van der Waals surface area contributed by atoms with E-state index >= 15 is 0 Å². The number of nitrogens with zero attached hydrogens (tertiary/aromatic N) is 5. The number of halogens is 1. The Bertz CT molecular complexity index is 1490. The molecule has 1 atom stereocenters. The van der Waals surface area contributed by atoms with Gasteiger partial charge in [0, 0.05) is 55.6 Å². The SMILES string of the molecule is Cc1ncnc(C)c1C(=O)NC(C)CCN1CCC(N(Cc2cc(C#N)ccc2F)c2ccc(/C=C/C(=O)O)cc2)CC1. The van der Waals surface area contributed by atoms with Gasteiger partial charge in [0.1, 0.15) is 12.1 Å². The van der Waals surface area contributed by atoms with Crippen molar-refractivity contribution in [2.45, 2.75) is 58.7 Å². The number of nitriles is 1. The fourth-order valence-electron chi connectivity index (χ4n) is 5.45. The first-order chi connectivity index (χ1) is 20.6. The van der Waals surface area contributed by atoms with Crippen LogP contribution in [-0.2, 0) is 11.3 Å². The van der Waals surface area contributed by atoms with Gasteiger partial charge in [0.2, 0.25) is 0 Å². The second-order valence-electron chi connectivity index (χ2n) is 11.0. The van der Waals surface area contributed by atoms with Gasteiger partial charge in [0.05, 0.1) is 28.6 Å². The average molecular weight is 585 g/mol. The van der Waals surface area contributed by atoms with Crippen molar-refractivity contribution in [2.24, 2.45) is 0 Å². The highest BCUT2D eigenvalue weighted by Crippen LogP contribution is 2.28. The van der Waals surface area contributed by atoms with Crippen LogP contribution in [-0.4, -0.2) is 63.6 Å². The number of hydrogen-bond donors (Lipinski definition) is 2. The summed E-state index contributed by atoms with van der Waals surface area (Å²) in [6, 6.07) is 14.2. The summed E-state index contributed by atoms with van der Waals surface area (Å²) >= 11 is 0. The number of carboxylic acid groups (broad SMARTS) is 1. The molecule has 2 heterocycles. The molecule has 1 unspecified atom stereocenters. The van der Waals surface area contributed by atoms with E-state index in [0.29, 0.717) is 34.6 Å². The molecular formula is C33H37FN6O3. The van der Waals surface area contributed by atoms with Gasteiger partial charge in [-0.3, -0.25) is 4.79 Å². The van der Waals surface area contributed by atoms with E-state index in [9.17, 15) is 19.2 Å². The molecule has 1 aromatic heterocycles. The summed E-state index contributed by atoms with van der Waals surface area (Å²) in [6.07, 6.45) is 6.61. The van der Waals surface area contributed by atoms with Crippen molar-refractivity contribution in [2.75, 3.05) is 24.5 Å². The van der Waals surface area contributed by atoms with Gasteiger partial charge >= 0.3 is 5.97 Å². The Balaban J connectivity index is 1.40. The second-order valence-corrected chi connectivity index (χ2v) is 11.0. The number of piperidine rings is 1. The lowest BCUT2D eigenvalue weighted by Gasteiger charge is -2.40. The maximum absolute atomic E-state index is 14.8. The summed E-state index contributed by atoms with van der Waals surface area (Å²) in [4.78, 5) is 36.6. The molecule has 3 aromatic rings. The molecule has 0 aliphatic carbocycles. The van der Waals surface area contributed by atoms with Gasteiger partial charge in [0.25, 0.3) is 5.91 Å². The largest absolute Gasteiger partial charge is 0.478 e. The molecule has 9 nitrogen and oxygen atoms in total. The fourth-order valence-corrected chi connectivity index (χ4v) is 5.45. The van der Waals surface area contributed by atoms with Crippen LogP contribution >= 0.6 is 0 Å². The lowest BCUT2D eigenvalue weighted by molar-refractivity contribution is -0.131. The highest BCUT2D eigenvalue weighted by Gasteiger charge is 2.26. The van der Waals surface area contributed by atoms with Crippen LogP contribution in [0.3, 0.4) is 0 Å². The van der Waals surface area contributed by atoms with Crippen molar-refractivity contribution >= 4 is 23.6 Å². The van der Waals surface area contributed by atoms with Crippen LogP contribution in [0.4, 0.5) is 10.1 Å². The first-order valence-electron chi connectivity index (χ1n) is 14.4. The molecule has 224 valence electrons. The van der Waals surface area contributed by atoms with E-state index < -0.39 is 5.97 Å². The van der Waals surface area contributed by atoms with E-state index in [1.807, 2.05) is 31.2 Å². The van der Waals surface area contributed by atoms with Gasteiger partial charge in [-0.1, -0.05) is 12.1 Å². The number of hydrogen-bond acceptors (Lipinski definition) is 7. The van der Waals surface area contributed by atoms with Crippen LogP contribution in [0.2, 0.25) is 0 Å². The van der Waals surface area contributed by atoms with E-state index in [-0.39, 0.29) is 23.8 Å². The van der Waals surface area contributed by atoms with Gasteiger partial charge in [-0.15, -0.1) is 0 Å². The monoisotopic (exact) mass is 584 g/mol. The fraction of sp³-hybridized carbons (Fsp3) is 0.364. The zero-order valence-corrected chi connectivity index (χ0v) is 24.8. The molecular weight excluding hydrogens is 547 g/mol. The highest BCUT2D eigenvalue weighted by atomic mass is 19.1. The van der Waals surface area contributed by atoms with Crippen molar-refractivity contribution in [3.05, 3.63) is 94.3 Å². The summed E-state index contributed by atoms with van der Waals surface area (Å²) in [7, 11) is 0. The van der Waals surface area contributed by atoms with Crippen LogP contribution in [0.5, 0.6) is 0 Å². The molecule has 2 N–H and O–H groups in total. The van der Waals surface area contributed by atoms with Crippen molar-refractivity contribution < 1.29 is 19.1 Å². The predicted molar refractivity (Wildman–Crippen MR) is 163 cm³/mol. The van der Waals surface area contributed by atoms with Gasteiger partial charge < -0.3 is 20.2 Å². The van der Waals surface area contributed by atoms with E-state index in [4.69, 9.17) is 5.11 Å². The molecule has 0 radical (unpaired) electrons.